The molecule has 5 nitrogen and oxygen atoms in total. The number of piperazine rings is 1. The highest BCUT2D eigenvalue weighted by molar-refractivity contribution is 5.54. The van der Waals surface area contributed by atoms with Gasteiger partial charge in [0.1, 0.15) is 0 Å². The predicted molar refractivity (Wildman–Crippen MR) is 105 cm³/mol. The third-order valence-corrected chi connectivity index (χ3v) is 4.87. The second-order valence-corrected chi connectivity index (χ2v) is 6.64. The van der Waals surface area contributed by atoms with E-state index in [4.69, 9.17) is 14.2 Å². The maximum atomic E-state index is 5.46. The Labute approximate surface area is 156 Å². The smallest absolute Gasteiger partial charge is 0.203 e. The Morgan fingerprint density at radius 2 is 1.50 bits per heavy atom. The molecule has 1 heterocycles. The van der Waals surface area contributed by atoms with Gasteiger partial charge in [0.05, 0.1) is 21.3 Å². The fourth-order valence-electron chi connectivity index (χ4n) is 3.47. The zero-order valence-electron chi connectivity index (χ0n) is 16.1. The van der Waals surface area contributed by atoms with Crippen molar-refractivity contribution < 1.29 is 14.2 Å². The molecule has 1 fully saturated rings. The van der Waals surface area contributed by atoms with Crippen LogP contribution >= 0.6 is 0 Å². The van der Waals surface area contributed by atoms with E-state index in [0.717, 1.165) is 32.7 Å². The van der Waals surface area contributed by atoms with Gasteiger partial charge in [-0.1, -0.05) is 12.1 Å². The van der Waals surface area contributed by atoms with E-state index in [2.05, 4.69) is 41.0 Å². The van der Waals surface area contributed by atoms with E-state index in [1.165, 1.54) is 16.8 Å². The van der Waals surface area contributed by atoms with Gasteiger partial charge in [-0.05, 0) is 42.3 Å². The second-order valence-electron chi connectivity index (χ2n) is 6.64. The summed E-state index contributed by atoms with van der Waals surface area (Å²) in [5.41, 5.74) is 3.79. The molecule has 3 rings (SSSR count). The highest BCUT2D eigenvalue weighted by atomic mass is 16.5. The van der Waals surface area contributed by atoms with Crippen molar-refractivity contribution in [3.63, 3.8) is 0 Å². The van der Waals surface area contributed by atoms with Gasteiger partial charge in [-0.15, -0.1) is 0 Å². The van der Waals surface area contributed by atoms with E-state index in [1.54, 1.807) is 21.3 Å². The number of anilines is 1. The number of aryl methyl sites for hydroxylation is 1. The topological polar surface area (TPSA) is 34.2 Å². The summed E-state index contributed by atoms with van der Waals surface area (Å²) in [4.78, 5) is 4.92. The number of ether oxygens (including phenoxy) is 3. The summed E-state index contributed by atoms with van der Waals surface area (Å²) in [6, 6.07) is 12.8. The minimum atomic E-state index is 0.642. The fraction of sp³-hybridized carbons (Fsp3) is 0.429. The van der Waals surface area contributed by atoms with Crippen molar-refractivity contribution in [2.45, 2.75) is 13.5 Å². The lowest BCUT2D eigenvalue weighted by molar-refractivity contribution is 0.248. The summed E-state index contributed by atoms with van der Waals surface area (Å²) in [7, 11) is 4.94. The van der Waals surface area contributed by atoms with Gasteiger partial charge in [0, 0.05) is 38.4 Å². The summed E-state index contributed by atoms with van der Waals surface area (Å²) >= 11 is 0. The van der Waals surface area contributed by atoms with Crippen LogP contribution in [0, 0.1) is 6.92 Å². The first-order chi connectivity index (χ1) is 12.6. The van der Waals surface area contributed by atoms with Gasteiger partial charge in [0.15, 0.2) is 11.5 Å². The van der Waals surface area contributed by atoms with Gasteiger partial charge in [-0.3, -0.25) is 4.90 Å². The van der Waals surface area contributed by atoms with Crippen molar-refractivity contribution in [1.29, 1.82) is 0 Å². The van der Waals surface area contributed by atoms with E-state index >= 15 is 0 Å². The van der Waals surface area contributed by atoms with Crippen molar-refractivity contribution in [3.05, 3.63) is 47.5 Å². The highest BCUT2D eigenvalue weighted by Crippen LogP contribution is 2.38. The molecule has 140 valence electrons. The van der Waals surface area contributed by atoms with Gasteiger partial charge in [0.2, 0.25) is 5.75 Å². The van der Waals surface area contributed by atoms with Crippen LogP contribution in [0.4, 0.5) is 5.69 Å². The molecule has 1 saturated heterocycles. The highest BCUT2D eigenvalue weighted by Gasteiger charge is 2.19. The summed E-state index contributed by atoms with van der Waals surface area (Å²) < 4.78 is 16.3. The third kappa shape index (κ3) is 4.05. The molecule has 26 heavy (non-hydrogen) atoms. The molecule has 0 radical (unpaired) electrons. The number of hydrogen-bond donors (Lipinski definition) is 0. The molecule has 1 aliphatic rings. The molecule has 5 heteroatoms. The monoisotopic (exact) mass is 356 g/mol. The van der Waals surface area contributed by atoms with Crippen molar-refractivity contribution >= 4 is 5.69 Å². The summed E-state index contributed by atoms with van der Waals surface area (Å²) in [5, 5.41) is 0. The zero-order chi connectivity index (χ0) is 18.5. The average molecular weight is 356 g/mol. The Morgan fingerprint density at radius 1 is 0.846 bits per heavy atom. The summed E-state index contributed by atoms with van der Waals surface area (Å²) in [6.45, 7) is 7.15. The molecular formula is C21H28N2O3. The third-order valence-electron chi connectivity index (χ3n) is 4.87. The van der Waals surface area contributed by atoms with Gasteiger partial charge in [-0.2, -0.15) is 0 Å². The van der Waals surface area contributed by atoms with Crippen LogP contribution in [0.15, 0.2) is 36.4 Å². The fourth-order valence-corrected chi connectivity index (χ4v) is 3.47. The first kappa shape index (κ1) is 18.4. The van der Waals surface area contributed by atoms with Crippen LogP contribution in [0.3, 0.4) is 0 Å². The van der Waals surface area contributed by atoms with Gasteiger partial charge >= 0.3 is 0 Å². The van der Waals surface area contributed by atoms with Gasteiger partial charge in [-0.25, -0.2) is 0 Å². The number of rotatable bonds is 6. The molecule has 0 aromatic heterocycles. The minimum absolute atomic E-state index is 0.642. The number of methoxy groups -OCH3 is 3. The molecule has 2 aromatic rings. The Morgan fingerprint density at radius 3 is 2.04 bits per heavy atom. The van der Waals surface area contributed by atoms with Gasteiger partial charge in [0.25, 0.3) is 0 Å². The van der Waals surface area contributed by atoms with Crippen LogP contribution in [0.2, 0.25) is 0 Å². The SMILES string of the molecule is COc1cc(CN2CCN(c3cccc(C)c3)CC2)cc(OC)c1OC. The zero-order valence-corrected chi connectivity index (χ0v) is 16.1. The van der Waals surface area contributed by atoms with Crippen molar-refractivity contribution in [3.8, 4) is 17.2 Å². The Bertz CT molecular complexity index is 715. The predicted octanol–water partition coefficient (Wildman–Crippen LogP) is 3.34. The molecule has 0 saturated carbocycles. The summed E-state index contributed by atoms with van der Waals surface area (Å²) in [6.07, 6.45) is 0. The van der Waals surface area contributed by atoms with Crippen molar-refractivity contribution in [1.82, 2.24) is 4.90 Å². The van der Waals surface area contributed by atoms with Gasteiger partial charge < -0.3 is 19.1 Å². The molecule has 1 aliphatic heterocycles. The molecule has 0 amide bonds. The molecule has 0 N–H and O–H groups in total. The van der Waals surface area contributed by atoms with Crippen molar-refractivity contribution in [2.75, 3.05) is 52.4 Å². The van der Waals surface area contributed by atoms with E-state index < -0.39 is 0 Å². The first-order valence-corrected chi connectivity index (χ1v) is 8.97. The number of hydrogen-bond acceptors (Lipinski definition) is 5. The molecule has 0 aliphatic carbocycles. The van der Waals surface area contributed by atoms with E-state index in [-0.39, 0.29) is 0 Å². The maximum Gasteiger partial charge on any atom is 0.203 e. The summed E-state index contributed by atoms with van der Waals surface area (Å²) in [5.74, 6) is 2.06. The maximum absolute atomic E-state index is 5.46. The van der Waals surface area contributed by atoms with E-state index in [0.29, 0.717) is 17.2 Å². The van der Waals surface area contributed by atoms with Crippen LogP contribution in [0.25, 0.3) is 0 Å². The molecular weight excluding hydrogens is 328 g/mol. The van der Waals surface area contributed by atoms with Crippen LogP contribution < -0.4 is 19.1 Å². The molecule has 0 bridgehead atoms. The van der Waals surface area contributed by atoms with Crippen LogP contribution in [-0.4, -0.2) is 52.4 Å². The first-order valence-electron chi connectivity index (χ1n) is 8.97. The second kappa shape index (κ2) is 8.32. The van der Waals surface area contributed by atoms with E-state index in [9.17, 15) is 0 Å². The molecule has 2 aromatic carbocycles. The lowest BCUT2D eigenvalue weighted by Crippen LogP contribution is -2.46. The molecule has 0 spiro atoms. The number of benzene rings is 2. The lowest BCUT2D eigenvalue weighted by atomic mass is 10.1. The van der Waals surface area contributed by atoms with Crippen LogP contribution in [0.5, 0.6) is 17.2 Å². The quantitative estimate of drug-likeness (QED) is 0.793. The Balaban J connectivity index is 1.66. The number of nitrogens with zero attached hydrogens (tertiary/aromatic N) is 2. The van der Waals surface area contributed by atoms with E-state index in [1.807, 2.05) is 12.1 Å². The standard InChI is InChI=1S/C21H28N2O3/c1-16-6-5-7-18(12-16)23-10-8-22(9-11-23)15-17-13-19(24-2)21(26-4)20(14-17)25-3/h5-7,12-14H,8-11,15H2,1-4H3. The van der Waals surface area contributed by atoms with Crippen LogP contribution in [-0.2, 0) is 6.54 Å². The normalized spacial score (nSPS) is 15.0. The molecule has 0 unspecified atom stereocenters. The lowest BCUT2D eigenvalue weighted by Gasteiger charge is -2.36. The minimum Gasteiger partial charge on any atom is -0.493 e. The average Bonchev–Trinajstić information content (AvgIpc) is 2.67. The Hall–Kier alpha value is -2.40. The van der Waals surface area contributed by atoms with Crippen molar-refractivity contribution in [2.24, 2.45) is 0 Å². The molecule has 0 atom stereocenters. The Kier molecular flexibility index (Phi) is 5.89. The van der Waals surface area contributed by atoms with Crippen LogP contribution in [0.1, 0.15) is 11.1 Å². The largest absolute Gasteiger partial charge is 0.493 e.